The molecule has 458 valence electrons. The zero-order chi connectivity index (χ0) is 58.5. The van der Waals surface area contributed by atoms with Crippen LogP contribution >= 0.6 is 0 Å². The van der Waals surface area contributed by atoms with E-state index in [4.69, 9.17) is 14.2 Å². The highest BCUT2D eigenvalue weighted by molar-refractivity contribution is 5.71. The Labute approximate surface area is 499 Å². The van der Waals surface area contributed by atoms with Crippen LogP contribution in [-0.4, -0.2) is 37.2 Å². The molecular weight excluding hydrogens is 997 g/mol. The van der Waals surface area contributed by atoms with Crippen LogP contribution < -0.4 is 0 Å². The van der Waals surface area contributed by atoms with Gasteiger partial charge in [0.05, 0.1) is 0 Å². The predicted molar refractivity (Wildman–Crippen MR) is 352 cm³/mol. The van der Waals surface area contributed by atoms with Crippen molar-refractivity contribution in [2.24, 2.45) is 0 Å². The van der Waals surface area contributed by atoms with Crippen LogP contribution in [0.4, 0.5) is 0 Å². The number of hydrogen-bond donors (Lipinski definition) is 0. The number of unbranched alkanes of at least 4 members (excludes halogenated alkanes) is 24. The number of rotatable bonds is 59. The van der Waals surface area contributed by atoms with Gasteiger partial charge in [-0.3, -0.25) is 14.4 Å². The minimum absolute atomic E-state index is 0.0921. The fourth-order valence-electron chi connectivity index (χ4n) is 8.80. The Morgan fingerprint density at radius 3 is 0.802 bits per heavy atom. The van der Waals surface area contributed by atoms with Crippen LogP contribution in [-0.2, 0) is 28.6 Å². The fourth-order valence-corrected chi connectivity index (χ4v) is 8.80. The Bertz CT molecular complexity index is 1760. The highest BCUT2D eigenvalue weighted by atomic mass is 16.6. The van der Waals surface area contributed by atoms with Crippen LogP contribution in [0.1, 0.15) is 290 Å². The Morgan fingerprint density at radius 2 is 0.494 bits per heavy atom. The molecule has 0 heterocycles. The first-order chi connectivity index (χ1) is 40.0. The van der Waals surface area contributed by atoms with Crippen LogP contribution in [0.2, 0.25) is 0 Å². The molecule has 0 aliphatic heterocycles. The van der Waals surface area contributed by atoms with E-state index in [2.05, 4.69) is 167 Å². The Morgan fingerprint density at radius 1 is 0.259 bits per heavy atom. The molecule has 0 saturated heterocycles. The number of esters is 3. The lowest BCUT2D eigenvalue weighted by atomic mass is 10.1. The third-order valence-electron chi connectivity index (χ3n) is 13.8. The maximum absolute atomic E-state index is 12.9. The molecular formula is C75H122O6. The molecule has 0 radical (unpaired) electrons. The third kappa shape index (κ3) is 66.0. The van der Waals surface area contributed by atoms with Crippen LogP contribution in [0, 0.1) is 0 Å². The molecule has 0 amide bonds. The van der Waals surface area contributed by atoms with Crippen molar-refractivity contribution in [1.29, 1.82) is 0 Å². The maximum atomic E-state index is 12.9. The minimum Gasteiger partial charge on any atom is -0.462 e. The van der Waals surface area contributed by atoms with Crippen molar-refractivity contribution in [2.45, 2.75) is 297 Å². The molecule has 6 heteroatoms. The highest BCUT2D eigenvalue weighted by Crippen LogP contribution is 2.15. The van der Waals surface area contributed by atoms with Gasteiger partial charge in [0.15, 0.2) is 6.10 Å². The predicted octanol–water partition coefficient (Wildman–Crippen LogP) is 23.1. The van der Waals surface area contributed by atoms with E-state index in [0.29, 0.717) is 19.3 Å². The summed E-state index contributed by atoms with van der Waals surface area (Å²) in [6.07, 6.45) is 97.2. The first-order valence-electron chi connectivity index (χ1n) is 33.3. The molecule has 1 unspecified atom stereocenters. The average Bonchev–Trinajstić information content (AvgIpc) is 3.47. The molecule has 0 rings (SSSR count). The van der Waals surface area contributed by atoms with Gasteiger partial charge in [0.1, 0.15) is 13.2 Å². The van der Waals surface area contributed by atoms with Gasteiger partial charge in [-0.25, -0.2) is 0 Å². The van der Waals surface area contributed by atoms with Gasteiger partial charge >= 0.3 is 17.9 Å². The van der Waals surface area contributed by atoms with Crippen molar-refractivity contribution >= 4 is 17.9 Å². The van der Waals surface area contributed by atoms with Gasteiger partial charge < -0.3 is 14.2 Å². The first kappa shape index (κ1) is 76.3. The van der Waals surface area contributed by atoms with E-state index in [-0.39, 0.29) is 31.1 Å². The minimum atomic E-state index is -0.795. The second-order valence-corrected chi connectivity index (χ2v) is 21.6. The molecule has 1 atom stereocenters. The molecule has 0 bridgehead atoms. The molecule has 0 aliphatic carbocycles. The standard InChI is InChI=1S/C75H122O6/c1-4-7-10-13-16-19-22-24-26-28-29-30-31-32-33-34-35-36-37-38-39-40-41-42-43-44-45-47-48-50-53-56-59-62-65-68-74(77)80-71-72(70-79-73(76)67-64-61-58-55-52-21-18-15-12-9-6-3)81-75(78)69-66-63-60-57-54-51-49-46-27-25-23-20-17-14-11-8-5-2/h7,10,15-20,24-27,29-30,32-33,35-36,38-39,41-42,44-45,72H,4-6,8-9,11-14,21-23,28,31,34,37,40,43,46-71H2,1-3H3/b10-7-,18-15-,19-16-,20-17-,26-24-,27-25-,30-29-,33-32-,36-35-,39-38-,42-41-,45-44-. The Kier molecular flexibility index (Phi) is 63.9. The third-order valence-corrected chi connectivity index (χ3v) is 13.8. The molecule has 6 nitrogen and oxygen atoms in total. The Hall–Kier alpha value is -4.71. The number of carbonyl (C=O) groups is 3. The normalized spacial score (nSPS) is 13.1. The fraction of sp³-hybridized carbons (Fsp3) is 0.640. The van der Waals surface area contributed by atoms with Gasteiger partial charge in [0.2, 0.25) is 0 Å². The van der Waals surface area contributed by atoms with E-state index in [0.717, 1.165) is 148 Å². The van der Waals surface area contributed by atoms with Crippen molar-refractivity contribution < 1.29 is 28.6 Å². The molecule has 0 aromatic heterocycles. The van der Waals surface area contributed by atoms with Crippen molar-refractivity contribution in [1.82, 2.24) is 0 Å². The second kappa shape index (κ2) is 67.8. The van der Waals surface area contributed by atoms with Gasteiger partial charge in [-0.1, -0.05) is 276 Å². The van der Waals surface area contributed by atoms with Gasteiger partial charge in [0, 0.05) is 19.3 Å². The summed E-state index contributed by atoms with van der Waals surface area (Å²) >= 11 is 0. The molecule has 81 heavy (non-hydrogen) atoms. The topological polar surface area (TPSA) is 78.9 Å². The zero-order valence-electron chi connectivity index (χ0n) is 52.5. The van der Waals surface area contributed by atoms with Crippen LogP contribution in [0.5, 0.6) is 0 Å². The molecule has 0 aromatic carbocycles. The zero-order valence-corrected chi connectivity index (χ0v) is 52.5. The lowest BCUT2D eigenvalue weighted by molar-refractivity contribution is -0.167. The molecule has 0 N–H and O–H groups in total. The van der Waals surface area contributed by atoms with E-state index in [1.807, 2.05) is 0 Å². The van der Waals surface area contributed by atoms with E-state index in [9.17, 15) is 14.4 Å². The summed E-state index contributed by atoms with van der Waals surface area (Å²) in [4.78, 5) is 38.3. The highest BCUT2D eigenvalue weighted by Gasteiger charge is 2.19. The lowest BCUT2D eigenvalue weighted by Gasteiger charge is -2.18. The smallest absolute Gasteiger partial charge is 0.306 e. The second-order valence-electron chi connectivity index (χ2n) is 21.6. The van der Waals surface area contributed by atoms with Crippen LogP contribution in [0.3, 0.4) is 0 Å². The van der Waals surface area contributed by atoms with E-state index in [1.54, 1.807) is 0 Å². The number of allylic oxidation sites excluding steroid dienone is 24. The summed E-state index contributed by atoms with van der Waals surface area (Å²) in [5.74, 6) is -0.920. The van der Waals surface area contributed by atoms with E-state index >= 15 is 0 Å². The van der Waals surface area contributed by atoms with Gasteiger partial charge in [-0.05, 0) is 141 Å². The quantitative estimate of drug-likeness (QED) is 0.0261. The van der Waals surface area contributed by atoms with E-state index in [1.165, 1.54) is 103 Å². The summed E-state index contributed by atoms with van der Waals surface area (Å²) in [7, 11) is 0. The largest absolute Gasteiger partial charge is 0.462 e. The monoisotopic (exact) mass is 1120 g/mol. The molecule has 0 spiro atoms. The summed E-state index contributed by atoms with van der Waals surface area (Å²) < 4.78 is 16.9. The molecule has 0 fully saturated rings. The van der Waals surface area contributed by atoms with E-state index < -0.39 is 6.10 Å². The molecule has 0 aliphatic rings. The summed E-state index contributed by atoms with van der Waals surface area (Å²) in [6, 6.07) is 0. The van der Waals surface area contributed by atoms with Crippen molar-refractivity contribution in [2.75, 3.05) is 13.2 Å². The summed E-state index contributed by atoms with van der Waals surface area (Å²) in [6.45, 7) is 6.44. The van der Waals surface area contributed by atoms with Gasteiger partial charge in [0.25, 0.3) is 0 Å². The summed E-state index contributed by atoms with van der Waals surface area (Å²) in [5, 5.41) is 0. The van der Waals surface area contributed by atoms with Crippen molar-refractivity contribution in [3.05, 3.63) is 146 Å². The van der Waals surface area contributed by atoms with Crippen LogP contribution in [0.25, 0.3) is 0 Å². The molecule has 0 saturated carbocycles. The van der Waals surface area contributed by atoms with Crippen molar-refractivity contribution in [3.63, 3.8) is 0 Å². The molecule has 0 aromatic rings. The number of hydrogen-bond acceptors (Lipinski definition) is 6. The average molecular weight is 1120 g/mol. The van der Waals surface area contributed by atoms with Gasteiger partial charge in [-0.2, -0.15) is 0 Å². The van der Waals surface area contributed by atoms with Gasteiger partial charge in [-0.15, -0.1) is 0 Å². The number of carbonyl (C=O) groups excluding carboxylic acids is 3. The summed E-state index contributed by atoms with van der Waals surface area (Å²) in [5.41, 5.74) is 0. The SMILES string of the molecule is CC/C=C\C/C=C\C/C=C\C/C=C\C/C=C\C/C=C\C/C=C\C/C=C\C/C=C\CCCCCCCCCC(=O)OCC(COC(=O)CCCCCCC/C=C\CCCC)OC(=O)CCCCCCCCC/C=C\C/C=C\CCCCC. The maximum Gasteiger partial charge on any atom is 0.306 e. The first-order valence-corrected chi connectivity index (χ1v) is 33.3. The van der Waals surface area contributed by atoms with Crippen LogP contribution in [0.15, 0.2) is 146 Å². The Balaban J connectivity index is 4.26. The van der Waals surface area contributed by atoms with Crippen molar-refractivity contribution in [3.8, 4) is 0 Å². The lowest BCUT2D eigenvalue weighted by Crippen LogP contribution is -2.30. The number of ether oxygens (including phenoxy) is 3.